The predicted octanol–water partition coefficient (Wildman–Crippen LogP) is 3.77. The van der Waals surface area contributed by atoms with Gasteiger partial charge in [-0.2, -0.15) is 8.42 Å². The molecule has 2 aromatic rings. The highest BCUT2D eigenvalue weighted by atomic mass is 32.2. The minimum absolute atomic E-state index is 0.0240. The zero-order valence-electron chi connectivity index (χ0n) is 19.1. The van der Waals surface area contributed by atoms with Gasteiger partial charge in [0.15, 0.2) is 6.10 Å². The molecule has 0 aliphatic heterocycles. The Morgan fingerprint density at radius 1 is 1.06 bits per heavy atom. The summed E-state index contributed by atoms with van der Waals surface area (Å²) in [7, 11) is -2.57. The number of amides is 1. The Kier molecular flexibility index (Phi) is 8.98. The van der Waals surface area contributed by atoms with Crippen LogP contribution in [0.15, 0.2) is 48.5 Å². The number of methoxy groups -OCH3 is 1. The van der Waals surface area contributed by atoms with Crippen molar-refractivity contribution in [1.29, 1.82) is 0 Å². The van der Waals surface area contributed by atoms with Crippen LogP contribution in [0.4, 0.5) is 0 Å². The fraction of sp³-hybridized carbons (Fsp3) is 0.417. The first-order valence-corrected chi connectivity index (χ1v) is 12.2. The molecule has 1 unspecified atom stereocenters. The maximum absolute atomic E-state index is 13.0. The maximum atomic E-state index is 13.0. The second-order valence-corrected chi connectivity index (χ2v) is 9.80. The fourth-order valence-corrected chi connectivity index (χ4v) is 4.00. The summed E-state index contributed by atoms with van der Waals surface area (Å²) in [6.07, 6.45) is -0.171. The van der Waals surface area contributed by atoms with Crippen LogP contribution < -0.4 is 5.32 Å². The molecule has 0 aromatic heterocycles. The molecular formula is C24H31NO6S. The van der Waals surface area contributed by atoms with Crippen molar-refractivity contribution in [3.8, 4) is 11.1 Å². The summed E-state index contributed by atoms with van der Waals surface area (Å²) in [5.74, 6) is -1.07. The van der Waals surface area contributed by atoms with Crippen molar-refractivity contribution < 1.29 is 26.9 Å². The van der Waals surface area contributed by atoms with E-state index in [1.165, 1.54) is 7.11 Å². The third-order valence-corrected chi connectivity index (χ3v) is 5.51. The zero-order chi connectivity index (χ0) is 23.9. The molecule has 32 heavy (non-hydrogen) atoms. The van der Waals surface area contributed by atoms with E-state index in [2.05, 4.69) is 5.32 Å². The van der Waals surface area contributed by atoms with E-state index in [1.807, 2.05) is 69.3 Å². The molecule has 1 amide bonds. The quantitative estimate of drug-likeness (QED) is 0.427. The SMILES string of the molecule is COC(=O)CC(NC(=O)[C@@H](CC(C)C)OS(C)(=O)=O)c1cccc(-c2ccccc2C)c1. The number of hydrogen-bond acceptors (Lipinski definition) is 6. The van der Waals surface area contributed by atoms with Gasteiger partial charge in [-0.15, -0.1) is 0 Å². The van der Waals surface area contributed by atoms with Gasteiger partial charge in [0, 0.05) is 0 Å². The van der Waals surface area contributed by atoms with E-state index < -0.39 is 34.1 Å². The minimum Gasteiger partial charge on any atom is -0.469 e. The number of aryl methyl sites for hydroxylation is 1. The lowest BCUT2D eigenvalue weighted by Gasteiger charge is -2.23. The Hall–Kier alpha value is -2.71. The van der Waals surface area contributed by atoms with E-state index in [4.69, 9.17) is 8.92 Å². The second-order valence-electron chi connectivity index (χ2n) is 8.20. The van der Waals surface area contributed by atoms with E-state index in [9.17, 15) is 18.0 Å². The predicted molar refractivity (Wildman–Crippen MR) is 123 cm³/mol. The van der Waals surface area contributed by atoms with E-state index in [-0.39, 0.29) is 18.8 Å². The van der Waals surface area contributed by atoms with Crippen LogP contribution in [0.1, 0.15) is 43.9 Å². The van der Waals surface area contributed by atoms with Gasteiger partial charge in [0.1, 0.15) is 0 Å². The summed E-state index contributed by atoms with van der Waals surface area (Å²) in [5.41, 5.74) is 3.77. The van der Waals surface area contributed by atoms with Crippen molar-refractivity contribution in [2.24, 2.45) is 5.92 Å². The van der Waals surface area contributed by atoms with Crippen LogP contribution in [-0.2, 0) is 28.6 Å². The van der Waals surface area contributed by atoms with Crippen LogP contribution in [0, 0.1) is 12.8 Å². The highest BCUT2D eigenvalue weighted by Gasteiger charge is 2.28. The van der Waals surface area contributed by atoms with Gasteiger partial charge in [0.05, 0.1) is 25.8 Å². The van der Waals surface area contributed by atoms with Gasteiger partial charge in [-0.25, -0.2) is 0 Å². The summed E-state index contributed by atoms with van der Waals surface area (Å²) in [5, 5.41) is 2.79. The number of esters is 1. The molecule has 2 rings (SSSR count). The molecule has 0 saturated heterocycles. The van der Waals surface area contributed by atoms with Gasteiger partial charge in [-0.1, -0.05) is 56.3 Å². The first kappa shape index (κ1) is 25.5. The number of rotatable bonds is 10. The Labute approximate surface area is 190 Å². The highest BCUT2D eigenvalue weighted by molar-refractivity contribution is 7.86. The summed E-state index contributed by atoms with van der Waals surface area (Å²) < 4.78 is 33.2. The Morgan fingerprint density at radius 3 is 2.34 bits per heavy atom. The zero-order valence-corrected chi connectivity index (χ0v) is 19.9. The molecular weight excluding hydrogens is 430 g/mol. The summed E-state index contributed by atoms with van der Waals surface area (Å²) in [6.45, 7) is 5.74. The van der Waals surface area contributed by atoms with Gasteiger partial charge in [0.25, 0.3) is 16.0 Å². The molecule has 7 nitrogen and oxygen atoms in total. The molecule has 0 heterocycles. The summed E-state index contributed by atoms with van der Waals surface area (Å²) in [4.78, 5) is 25.0. The van der Waals surface area contributed by atoms with E-state index in [0.717, 1.165) is 22.9 Å². The van der Waals surface area contributed by atoms with Crippen LogP contribution in [0.2, 0.25) is 0 Å². The average Bonchev–Trinajstić information content (AvgIpc) is 2.71. The Bertz CT molecular complexity index is 1050. The number of benzene rings is 2. The number of hydrogen-bond donors (Lipinski definition) is 1. The van der Waals surface area contributed by atoms with Gasteiger partial charge in [-0.05, 0) is 47.6 Å². The van der Waals surface area contributed by atoms with Gasteiger partial charge < -0.3 is 10.1 Å². The lowest BCUT2D eigenvalue weighted by molar-refractivity contribution is -0.141. The normalized spacial score (nSPS) is 13.4. The number of carbonyl (C=O) groups is 2. The molecule has 1 N–H and O–H groups in total. The second kappa shape index (κ2) is 11.2. The lowest BCUT2D eigenvalue weighted by atomic mass is 9.95. The molecule has 0 fully saturated rings. The van der Waals surface area contributed by atoms with Crippen LogP contribution >= 0.6 is 0 Å². The maximum Gasteiger partial charge on any atom is 0.307 e. The lowest BCUT2D eigenvalue weighted by Crippen LogP contribution is -2.41. The molecule has 0 saturated carbocycles. The van der Waals surface area contributed by atoms with E-state index >= 15 is 0 Å². The topological polar surface area (TPSA) is 98.8 Å². The molecule has 0 spiro atoms. The molecule has 174 valence electrons. The van der Waals surface area contributed by atoms with Crippen molar-refractivity contribution in [3.63, 3.8) is 0 Å². The third kappa shape index (κ3) is 7.76. The van der Waals surface area contributed by atoms with Crippen molar-refractivity contribution >= 4 is 22.0 Å². The highest BCUT2D eigenvalue weighted by Crippen LogP contribution is 2.27. The van der Waals surface area contributed by atoms with Crippen molar-refractivity contribution in [3.05, 3.63) is 59.7 Å². The molecule has 2 aromatic carbocycles. The first-order valence-electron chi connectivity index (χ1n) is 10.4. The summed E-state index contributed by atoms with van der Waals surface area (Å²) in [6, 6.07) is 14.7. The van der Waals surface area contributed by atoms with Crippen LogP contribution in [0.3, 0.4) is 0 Å². The van der Waals surface area contributed by atoms with Gasteiger partial charge in [-0.3, -0.25) is 13.8 Å². The third-order valence-electron chi connectivity index (χ3n) is 4.93. The Balaban J connectivity index is 2.37. The average molecular weight is 462 g/mol. The number of carbonyl (C=O) groups excluding carboxylic acids is 2. The van der Waals surface area contributed by atoms with Gasteiger partial charge >= 0.3 is 5.97 Å². The summed E-state index contributed by atoms with van der Waals surface area (Å²) >= 11 is 0. The standard InChI is InChI=1S/C24H31NO6S/c1-16(2)13-22(31-32(5,28)29)24(27)25-21(15-23(26)30-4)19-11-8-10-18(14-19)20-12-7-6-9-17(20)3/h6-12,14,16,21-22H,13,15H2,1-5H3,(H,25,27)/t21?,22-/m1/s1. The number of nitrogens with one attached hydrogen (secondary N) is 1. The van der Waals surface area contributed by atoms with Crippen LogP contribution in [0.25, 0.3) is 11.1 Å². The van der Waals surface area contributed by atoms with Crippen LogP contribution in [0.5, 0.6) is 0 Å². The monoisotopic (exact) mass is 461 g/mol. The first-order chi connectivity index (χ1) is 15.0. The van der Waals surface area contributed by atoms with Crippen molar-refractivity contribution in [2.45, 2.75) is 45.8 Å². The van der Waals surface area contributed by atoms with E-state index in [0.29, 0.717) is 5.56 Å². The van der Waals surface area contributed by atoms with Crippen molar-refractivity contribution in [1.82, 2.24) is 5.32 Å². The largest absolute Gasteiger partial charge is 0.469 e. The fourth-order valence-electron chi connectivity index (χ4n) is 3.42. The van der Waals surface area contributed by atoms with Crippen LogP contribution in [-0.4, -0.2) is 39.8 Å². The van der Waals surface area contributed by atoms with E-state index in [1.54, 1.807) is 0 Å². The molecule has 0 aliphatic rings. The number of ether oxygens (including phenoxy) is 1. The molecule has 0 radical (unpaired) electrons. The van der Waals surface area contributed by atoms with Crippen molar-refractivity contribution in [2.75, 3.05) is 13.4 Å². The molecule has 0 aliphatic carbocycles. The Morgan fingerprint density at radius 2 is 1.75 bits per heavy atom. The minimum atomic E-state index is -3.84. The molecule has 2 atom stereocenters. The molecule has 0 bridgehead atoms. The molecule has 8 heteroatoms. The smallest absolute Gasteiger partial charge is 0.307 e. The van der Waals surface area contributed by atoms with Gasteiger partial charge in [0.2, 0.25) is 0 Å².